The zero-order valence-electron chi connectivity index (χ0n) is 14.5. The molecule has 3 heterocycles. The molecule has 0 unspecified atom stereocenters. The lowest BCUT2D eigenvalue weighted by Crippen LogP contribution is -2.51. The molecule has 0 radical (unpaired) electrons. The van der Waals surface area contributed by atoms with Gasteiger partial charge in [-0.2, -0.15) is 4.98 Å². The number of fused-ring (bicyclic) bond motifs is 1. The fraction of sp³-hybridized carbons (Fsp3) is 0.350. The Morgan fingerprint density at radius 2 is 1.77 bits per heavy atom. The van der Waals surface area contributed by atoms with Gasteiger partial charge in [0.05, 0.1) is 5.41 Å². The summed E-state index contributed by atoms with van der Waals surface area (Å²) in [7, 11) is 0. The molecule has 0 atom stereocenters. The lowest BCUT2D eigenvalue weighted by atomic mass is 9.94. The first-order valence-corrected chi connectivity index (χ1v) is 9.08. The Labute approximate surface area is 151 Å². The Balaban J connectivity index is 1.29. The maximum absolute atomic E-state index is 13.1. The van der Waals surface area contributed by atoms with Crippen molar-refractivity contribution in [3.05, 3.63) is 54.2 Å². The van der Waals surface area contributed by atoms with Crippen LogP contribution in [0.15, 0.2) is 53.1 Å². The van der Waals surface area contributed by atoms with E-state index in [0.29, 0.717) is 30.3 Å². The summed E-state index contributed by atoms with van der Waals surface area (Å²) in [5, 5.41) is 0. The Bertz CT molecular complexity index is 908. The molecular weight excluding hydrogens is 328 g/mol. The van der Waals surface area contributed by atoms with Crippen molar-refractivity contribution < 1.29 is 9.21 Å². The summed E-state index contributed by atoms with van der Waals surface area (Å²) in [6.45, 7) is 2.84. The molecule has 6 nitrogen and oxygen atoms in total. The van der Waals surface area contributed by atoms with Crippen molar-refractivity contribution in [3.8, 4) is 0 Å². The van der Waals surface area contributed by atoms with E-state index in [1.165, 1.54) is 0 Å². The van der Waals surface area contributed by atoms with E-state index in [-0.39, 0.29) is 11.3 Å². The molecule has 26 heavy (non-hydrogen) atoms. The molecule has 0 bridgehead atoms. The zero-order valence-corrected chi connectivity index (χ0v) is 14.5. The zero-order chi connectivity index (χ0) is 17.6. The van der Waals surface area contributed by atoms with Crippen molar-refractivity contribution in [1.82, 2.24) is 14.9 Å². The van der Waals surface area contributed by atoms with Gasteiger partial charge in [-0.3, -0.25) is 4.79 Å². The molecule has 2 aliphatic rings. The molecule has 3 aromatic rings. The molecular formula is C20H20N4O2. The molecule has 1 aliphatic carbocycles. The highest BCUT2D eigenvalue weighted by Gasteiger charge is 2.53. The van der Waals surface area contributed by atoms with E-state index in [9.17, 15) is 4.79 Å². The van der Waals surface area contributed by atoms with E-state index in [0.717, 1.165) is 31.5 Å². The lowest BCUT2D eigenvalue weighted by molar-refractivity contribution is -0.134. The standard InChI is InChI=1S/C20H20N4O2/c25-18(20(8-9-20)15-5-2-1-3-6-15)23-11-13-24(14-12-23)19-22-17-16(26-19)7-4-10-21-17/h1-7,10H,8-9,11-14H2. The van der Waals surface area contributed by atoms with E-state index in [2.05, 4.69) is 27.0 Å². The Kier molecular flexibility index (Phi) is 3.45. The number of carbonyl (C=O) groups excluding carboxylic acids is 1. The van der Waals surface area contributed by atoms with Crippen LogP contribution in [-0.4, -0.2) is 47.0 Å². The van der Waals surface area contributed by atoms with Gasteiger partial charge in [0.25, 0.3) is 6.01 Å². The summed E-state index contributed by atoms with van der Waals surface area (Å²) >= 11 is 0. The van der Waals surface area contributed by atoms with Crippen LogP contribution in [0.5, 0.6) is 0 Å². The minimum atomic E-state index is -0.287. The fourth-order valence-corrected chi connectivity index (χ4v) is 3.80. The number of amides is 1. The number of rotatable bonds is 3. The number of oxazole rings is 1. The quantitative estimate of drug-likeness (QED) is 0.728. The minimum absolute atomic E-state index is 0.266. The summed E-state index contributed by atoms with van der Waals surface area (Å²) in [5.41, 5.74) is 2.19. The summed E-state index contributed by atoms with van der Waals surface area (Å²) in [6, 6.07) is 14.5. The van der Waals surface area contributed by atoms with Crippen LogP contribution in [0, 0.1) is 0 Å². The third-order valence-corrected chi connectivity index (χ3v) is 5.48. The SMILES string of the molecule is O=C(N1CCN(c2nc3ncccc3o2)CC1)C1(c2ccccc2)CC1. The highest BCUT2D eigenvalue weighted by atomic mass is 16.4. The maximum Gasteiger partial charge on any atom is 0.300 e. The van der Waals surface area contributed by atoms with Gasteiger partial charge in [-0.25, -0.2) is 4.98 Å². The van der Waals surface area contributed by atoms with Gasteiger partial charge in [0.2, 0.25) is 11.6 Å². The molecule has 2 aromatic heterocycles. The van der Waals surface area contributed by atoms with Crippen LogP contribution in [0.2, 0.25) is 0 Å². The molecule has 1 aliphatic heterocycles. The van der Waals surface area contributed by atoms with Crippen LogP contribution < -0.4 is 4.90 Å². The second-order valence-electron chi connectivity index (χ2n) is 7.05. The van der Waals surface area contributed by atoms with Gasteiger partial charge >= 0.3 is 0 Å². The predicted octanol–water partition coefficient (Wildman–Crippen LogP) is 2.60. The number of anilines is 1. The first-order valence-electron chi connectivity index (χ1n) is 9.08. The molecule has 6 heteroatoms. The molecule has 132 valence electrons. The van der Waals surface area contributed by atoms with E-state index >= 15 is 0 Å². The summed E-state index contributed by atoms with van der Waals surface area (Å²) in [4.78, 5) is 25.9. The van der Waals surface area contributed by atoms with Crippen LogP contribution in [0.25, 0.3) is 11.2 Å². The number of benzene rings is 1. The number of nitrogens with zero attached hydrogens (tertiary/aromatic N) is 4. The molecule has 1 amide bonds. The number of hydrogen-bond acceptors (Lipinski definition) is 5. The third-order valence-electron chi connectivity index (χ3n) is 5.48. The highest BCUT2D eigenvalue weighted by molar-refractivity contribution is 5.91. The van der Waals surface area contributed by atoms with E-state index < -0.39 is 0 Å². The van der Waals surface area contributed by atoms with E-state index in [1.807, 2.05) is 35.2 Å². The number of piperazine rings is 1. The maximum atomic E-state index is 13.1. The second kappa shape index (κ2) is 5.83. The molecule has 1 aromatic carbocycles. The van der Waals surface area contributed by atoms with Crippen LogP contribution >= 0.6 is 0 Å². The van der Waals surface area contributed by atoms with E-state index in [4.69, 9.17) is 4.42 Å². The number of carbonyl (C=O) groups is 1. The van der Waals surface area contributed by atoms with Crippen LogP contribution in [-0.2, 0) is 10.2 Å². The van der Waals surface area contributed by atoms with Crippen LogP contribution in [0.1, 0.15) is 18.4 Å². The molecule has 1 saturated carbocycles. The molecule has 0 spiro atoms. The molecule has 5 rings (SSSR count). The largest absolute Gasteiger partial charge is 0.422 e. The summed E-state index contributed by atoms with van der Waals surface area (Å²) < 4.78 is 5.80. The lowest BCUT2D eigenvalue weighted by Gasteiger charge is -2.36. The van der Waals surface area contributed by atoms with Gasteiger partial charge in [0.1, 0.15) is 0 Å². The topological polar surface area (TPSA) is 62.5 Å². The van der Waals surface area contributed by atoms with E-state index in [1.54, 1.807) is 6.20 Å². The molecule has 2 fully saturated rings. The van der Waals surface area contributed by atoms with Crippen molar-refractivity contribution in [3.63, 3.8) is 0 Å². The van der Waals surface area contributed by atoms with Crippen molar-refractivity contribution in [2.75, 3.05) is 31.1 Å². The molecule has 0 N–H and O–H groups in total. The van der Waals surface area contributed by atoms with Gasteiger partial charge in [-0.1, -0.05) is 30.3 Å². The van der Waals surface area contributed by atoms with Gasteiger partial charge in [-0.15, -0.1) is 0 Å². The van der Waals surface area contributed by atoms with Gasteiger partial charge in [0, 0.05) is 32.4 Å². The number of aromatic nitrogens is 2. The minimum Gasteiger partial charge on any atom is -0.422 e. The summed E-state index contributed by atoms with van der Waals surface area (Å²) in [5.74, 6) is 0.266. The average molecular weight is 348 g/mol. The monoisotopic (exact) mass is 348 g/mol. The average Bonchev–Trinajstić information content (AvgIpc) is 3.40. The van der Waals surface area contributed by atoms with Crippen LogP contribution in [0.3, 0.4) is 0 Å². The third kappa shape index (κ3) is 2.44. The van der Waals surface area contributed by atoms with Crippen molar-refractivity contribution in [2.45, 2.75) is 18.3 Å². The highest BCUT2D eigenvalue weighted by Crippen LogP contribution is 2.49. The number of hydrogen-bond donors (Lipinski definition) is 0. The van der Waals surface area contributed by atoms with Gasteiger partial charge < -0.3 is 14.2 Å². The van der Waals surface area contributed by atoms with Crippen molar-refractivity contribution in [1.29, 1.82) is 0 Å². The second-order valence-corrected chi connectivity index (χ2v) is 7.05. The van der Waals surface area contributed by atoms with Crippen molar-refractivity contribution in [2.24, 2.45) is 0 Å². The first kappa shape index (κ1) is 15.4. The predicted molar refractivity (Wildman–Crippen MR) is 98.0 cm³/mol. The fourth-order valence-electron chi connectivity index (χ4n) is 3.80. The normalized spacial score (nSPS) is 18.9. The Morgan fingerprint density at radius 1 is 1.00 bits per heavy atom. The summed E-state index contributed by atoms with van der Waals surface area (Å²) in [6.07, 6.45) is 3.61. The molecule has 1 saturated heterocycles. The van der Waals surface area contributed by atoms with Gasteiger partial charge in [-0.05, 0) is 30.5 Å². The Morgan fingerprint density at radius 3 is 2.46 bits per heavy atom. The van der Waals surface area contributed by atoms with Crippen molar-refractivity contribution >= 4 is 23.2 Å². The van der Waals surface area contributed by atoms with Crippen LogP contribution in [0.4, 0.5) is 6.01 Å². The first-order chi connectivity index (χ1) is 12.8. The number of pyridine rings is 1. The van der Waals surface area contributed by atoms with Gasteiger partial charge in [0.15, 0.2) is 5.58 Å². The smallest absolute Gasteiger partial charge is 0.300 e. The Hall–Kier alpha value is -2.89.